The summed E-state index contributed by atoms with van der Waals surface area (Å²) in [6.07, 6.45) is 3.38. The molecule has 4 heteroatoms. The Morgan fingerprint density at radius 3 is 2.47 bits per heavy atom. The third-order valence-corrected chi connectivity index (χ3v) is 3.33. The summed E-state index contributed by atoms with van der Waals surface area (Å²) in [6, 6.07) is 3.92. The Hall–Kier alpha value is -2.10. The molecule has 1 unspecified atom stereocenters. The lowest BCUT2D eigenvalue weighted by Crippen LogP contribution is -2.11. The highest BCUT2D eigenvalue weighted by Crippen LogP contribution is 2.30. The lowest BCUT2D eigenvalue weighted by Gasteiger charge is -2.18. The Morgan fingerprint density at radius 2 is 1.79 bits per heavy atom. The Bertz CT molecular complexity index is 596. The average molecular weight is 257 g/mol. The molecule has 1 aromatic heterocycles. The average Bonchev–Trinajstić information content (AvgIpc) is 2.40. The number of nitrogens with zero attached hydrogens (tertiary/aromatic N) is 2. The van der Waals surface area contributed by atoms with E-state index in [4.69, 9.17) is 0 Å². The first-order valence-electron chi connectivity index (χ1n) is 6.34. The van der Waals surface area contributed by atoms with Crippen LogP contribution < -0.4 is 5.32 Å². The molecule has 100 valence electrons. The van der Waals surface area contributed by atoms with Gasteiger partial charge in [-0.15, -0.1) is 0 Å². The van der Waals surface area contributed by atoms with Crippen molar-refractivity contribution >= 4 is 5.69 Å². The zero-order valence-corrected chi connectivity index (χ0v) is 11.7. The van der Waals surface area contributed by atoms with Gasteiger partial charge in [0.25, 0.3) is 0 Å². The van der Waals surface area contributed by atoms with E-state index in [0.717, 1.165) is 28.2 Å². The molecule has 2 N–H and O–H groups in total. The Labute approximate surface area is 113 Å². The first-order valence-corrected chi connectivity index (χ1v) is 6.34. The van der Waals surface area contributed by atoms with Crippen LogP contribution in [0.3, 0.4) is 0 Å². The van der Waals surface area contributed by atoms with Gasteiger partial charge in [0.1, 0.15) is 5.75 Å². The molecule has 0 bridgehead atoms. The van der Waals surface area contributed by atoms with E-state index in [0.29, 0.717) is 5.75 Å². The van der Waals surface area contributed by atoms with Crippen molar-refractivity contribution in [1.82, 2.24) is 9.97 Å². The van der Waals surface area contributed by atoms with Crippen molar-refractivity contribution in [3.8, 4) is 5.75 Å². The number of phenols is 1. The molecule has 2 aromatic rings. The van der Waals surface area contributed by atoms with Crippen LogP contribution in [0.5, 0.6) is 5.75 Å². The molecule has 2 rings (SSSR count). The summed E-state index contributed by atoms with van der Waals surface area (Å²) in [5.41, 5.74) is 4.49. The Kier molecular flexibility index (Phi) is 3.69. The molecule has 0 amide bonds. The van der Waals surface area contributed by atoms with Crippen LogP contribution in [0.4, 0.5) is 5.69 Å². The van der Waals surface area contributed by atoms with Crippen LogP contribution >= 0.6 is 0 Å². The number of rotatable bonds is 3. The first kappa shape index (κ1) is 13.3. The zero-order chi connectivity index (χ0) is 14.0. The highest BCUT2D eigenvalue weighted by atomic mass is 16.3. The Balaban J connectivity index is 2.27. The molecule has 1 aromatic carbocycles. The van der Waals surface area contributed by atoms with Gasteiger partial charge < -0.3 is 10.4 Å². The third kappa shape index (κ3) is 2.67. The molecule has 0 aliphatic carbocycles. The molecular formula is C15H19N3O. The molecular weight excluding hydrogens is 238 g/mol. The maximum absolute atomic E-state index is 9.96. The van der Waals surface area contributed by atoms with Crippen molar-refractivity contribution < 1.29 is 5.11 Å². The number of anilines is 1. The number of hydrogen-bond acceptors (Lipinski definition) is 4. The topological polar surface area (TPSA) is 58.0 Å². The second-order valence-electron chi connectivity index (χ2n) is 4.80. The summed E-state index contributed by atoms with van der Waals surface area (Å²) >= 11 is 0. The SMILES string of the molecule is Cc1ccc(NC(C)c2nccnc2C)c(C)c1O. The van der Waals surface area contributed by atoms with Crippen LogP contribution in [0.15, 0.2) is 24.5 Å². The summed E-state index contributed by atoms with van der Waals surface area (Å²) in [4.78, 5) is 8.60. The van der Waals surface area contributed by atoms with Crippen molar-refractivity contribution in [3.05, 3.63) is 47.0 Å². The molecule has 0 spiro atoms. The van der Waals surface area contributed by atoms with Gasteiger partial charge >= 0.3 is 0 Å². The highest BCUT2D eigenvalue weighted by Gasteiger charge is 2.13. The molecule has 0 aliphatic heterocycles. The highest BCUT2D eigenvalue weighted by molar-refractivity contribution is 5.59. The van der Waals surface area contributed by atoms with Gasteiger partial charge in [-0.1, -0.05) is 6.07 Å². The van der Waals surface area contributed by atoms with Crippen LogP contribution in [0.25, 0.3) is 0 Å². The summed E-state index contributed by atoms with van der Waals surface area (Å²) in [5.74, 6) is 0.341. The van der Waals surface area contributed by atoms with E-state index in [-0.39, 0.29) is 6.04 Å². The molecule has 0 fully saturated rings. The van der Waals surface area contributed by atoms with Gasteiger partial charge in [-0.05, 0) is 39.3 Å². The molecule has 0 saturated carbocycles. The zero-order valence-electron chi connectivity index (χ0n) is 11.7. The van der Waals surface area contributed by atoms with Crippen molar-refractivity contribution in [2.45, 2.75) is 33.7 Å². The largest absolute Gasteiger partial charge is 0.507 e. The van der Waals surface area contributed by atoms with Crippen LogP contribution in [0, 0.1) is 20.8 Å². The van der Waals surface area contributed by atoms with E-state index in [1.54, 1.807) is 12.4 Å². The van der Waals surface area contributed by atoms with Crippen LogP contribution in [0.2, 0.25) is 0 Å². The number of hydrogen-bond donors (Lipinski definition) is 2. The smallest absolute Gasteiger partial charge is 0.123 e. The van der Waals surface area contributed by atoms with Crippen molar-refractivity contribution in [2.24, 2.45) is 0 Å². The van der Waals surface area contributed by atoms with Crippen LogP contribution in [0.1, 0.15) is 35.5 Å². The molecule has 0 aliphatic rings. The lowest BCUT2D eigenvalue weighted by atomic mass is 10.1. The number of aryl methyl sites for hydroxylation is 2. The number of phenolic OH excluding ortho intramolecular Hbond substituents is 1. The normalized spacial score (nSPS) is 12.2. The van der Waals surface area contributed by atoms with E-state index < -0.39 is 0 Å². The van der Waals surface area contributed by atoms with Gasteiger partial charge in [0.15, 0.2) is 0 Å². The number of aromatic nitrogens is 2. The van der Waals surface area contributed by atoms with E-state index in [2.05, 4.69) is 15.3 Å². The number of aromatic hydroxyl groups is 1. The fraction of sp³-hybridized carbons (Fsp3) is 0.333. The van der Waals surface area contributed by atoms with Gasteiger partial charge in [-0.3, -0.25) is 9.97 Å². The minimum Gasteiger partial charge on any atom is -0.507 e. The molecule has 1 heterocycles. The van der Waals surface area contributed by atoms with Crippen molar-refractivity contribution in [3.63, 3.8) is 0 Å². The summed E-state index contributed by atoms with van der Waals surface area (Å²) in [5, 5.41) is 13.3. The summed E-state index contributed by atoms with van der Waals surface area (Å²) in [6.45, 7) is 7.77. The monoisotopic (exact) mass is 257 g/mol. The Morgan fingerprint density at radius 1 is 1.11 bits per heavy atom. The molecule has 0 radical (unpaired) electrons. The summed E-state index contributed by atoms with van der Waals surface area (Å²) in [7, 11) is 0. The molecule has 1 atom stereocenters. The van der Waals surface area contributed by atoms with Gasteiger partial charge in [-0.25, -0.2) is 0 Å². The fourth-order valence-corrected chi connectivity index (χ4v) is 2.14. The van der Waals surface area contributed by atoms with E-state index >= 15 is 0 Å². The van der Waals surface area contributed by atoms with E-state index in [1.165, 1.54) is 0 Å². The van der Waals surface area contributed by atoms with E-state index in [9.17, 15) is 5.11 Å². The van der Waals surface area contributed by atoms with E-state index in [1.807, 2.05) is 39.8 Å². The second-order valence-corrected chi connectivity index (χ2v) is 4.80. The number of nitrogens with one attached hydrogen (secondary N) is 1. The second kappa shape index (κ2) is 5.26. The quantitative estimate of drug-likeness (QED) is 0.886. The molecule has 4 nitrogen and oxygen atoms in total. The minimum atomic E-state index is 0.0366. The van der Waals surface area contributed by atoms with Gasteiger partial charge in [0, 0.05) is 23.6 Å². The number of benzene rings is 1. The summed E-state index contributed by atoms with van der Waals surface area (Å²) < 4.78 is 0. The fourth-order valence-electron chi connectivity index (χ4n) is 2.14. The van der Waals surface area contributed by atoms with Gasteiger partial charge in [-0.2, -0.15) is 0 Å². The maximum Gasteiger partial charge on any atom is 0.123 e. The van der Waals surface area contributed by atoms with Crippen LogP contribution in [-0.2, 0) is 0 Å². The predicted molar refractivity (Wildman–Crippen MR) is 76.4 cm³/mol. The van der Waals surface area contributed by atoms with Gasteiger partial charge in [0.05, 0.1) is 17.4 Å². The molecule has 19 heavy (non-hydrogen) atoms. The minimum absolute atomic E-state index is 0.0366. The van der Waals surface area contributed by atoms with Crippen molar-refractivity contribution in [1.29, 1.82) is 0 Å². The lowest BCUT2D eigenvalue weighted by molar-refractivity contribution is 0.467. The first-order chi connectivity index (χ1) is 9.00. The molecule has 0 saturated heterocycles. The van der Waals surface area contributed by atoms with Crippen molar-refractivity contribution in [2.75, 3.05) is 5.32 Å². The third-order valence-electron chi connectivity index (χ3n) is 3.33. The standard InChI is InChI=1S/C15H19N3O/c1-9-5-6-13(10(2)15(9)19)18-12(4)14-11(3)16-7-8-17-14/h5-8,12,18-19H,1-4H3. The maximum atomic E-state index is 9.96. The van der Waals surface area contributed by atoms with Gasteiger partial charge in [0.2, 0.25) is 0 Å². The predicted octanol–water partition coefficient (Wildman–Crippen LogP) is 3.28. The van der Waals surface area contributed by atoms with Crippen LogP contribution in [-0.4, -0.2) is 15.1 Å².